The smallest absolute Gasteiger partial charge is 0.255 e. The molecule has 1 aliphatic heterocycles. The molecule has 1 saturated carbocycles. The molecule has 2 aromatic rings. The molecule has 1 aromatic heterocycles. The number of hydrogen-bond acceptors (Lipinski definition) is 4. The summed E-state index contributed by atoms with van der Waals surface area (Å²) >= 11 is 0. The van der Waals surface area contributed by atoms with Crippen molar-refractivity contribution < 1.29 is 9.59 Å². The molecule has 0 saturated heterocycles. The monoisotopic (exact) mass is 415 g/mol. The summed E-state index contributed by atoms with van der Waals surface area (Å²) in [6.07, 6.45) is 2.93. The van der Waals surface area contributed by atoms with E-state index in [1.165, 1.54) is 0 Å². The van der Waals surface area contributed by atoms with Crippen LogP contribution in [-0.2, 0) is 9.59 Å². The first-order valence-corrected chi connectivity index (χ1v) is 10.8. The van der Waals surface area contributed by atoms with Crippen LogP contribution in [0, 0.1) is 25.2 Å². The molecule has 0 spiro atoms. The number of pyridine rings is 1. The van der Waals surface area contributed by atoms with Gasteiger partial charge >= 0.3 is 0 Å². The van der Waals surface area contributed by atoms with Gasteiger partial charge in [0.1, 0.15) is 11.6 Å². The predicted molar refractivity (Wildman–Crippen MR) is 123 cm³/mol. The second-order valence-electron chi connectivity index (χ2n) is 9.62. The van der Waals surface area contributed by atoms with E-state index in [-0.39, 0.29) is 23.0 Å². The second kappa shape index (κ2) is 7.88. The first kappa shape index (κ1) is 21.2. The molecule has 2 aliphatic rings. The maximum absolute atomic E-state index is 13.5. The number of anilines is 1. The number of fused-ring (bicyclic) bond motifs is 1. The number of hydrogen-bond donors (Lipinski definition) is 1. The molecule has 5 heteroatoms. The lowest BCUT2D eigenvalue weighted by atomic mass is 9.63. The lowest BCUT2D eigenvalue weighted by Gasteiger charge is -2.41. The van der Waals surface area contributed by atoms with Gasteiger partial charge in [0.25, 0.3) is 5.91 Å². The van der Waals surface area contributed by atoms with Crippen molar-refractivity contribution in [2.24, 2.45) is 16.3 Å². The van der Waals surface area contributed by atoms with Gasteiger partial charge in [-0.1, -0.05) is 43.7 Å². The molecule has 1 fully saturated rings. The summed E-state index contributed by atoms with van der Waals surface area (Å²) in [6.45, 7) is 10.1. The molecule has 1 aliphatic carbocycles. The van der Waals surface area contributed by atoms with Crippen molar-refractivity contribution in [1.29, 1.82) is 0 Å². The molecule has 160 valence electrons. The van der Waals surface area contributed by atoms with Gasteiger partial charge in [-0.15, -0.1) is 0 Å². The Bertz CT molecular complexity index is 1110. The van der Waals surface area contributed by atoms with Gasteiger partial charge in [-0.05, 0) is 55.9 Å². The zero-order valence-corrected chi connectivity index (χ0v) is 18.8. The molecule has 1 aromatic carbocycles. The van der Waals surface area contributed by atoms with Crippen molar-refractivity contribution in [3.8, 4) is 0 Å². The molecular formula is C26H29N3O2. The van der Waals surface area contributed by atoms with Crippen molar-refractivity contribution in [3.05, 3.63) is 70.6 Å². The van der Waals surface area contributed by atoms with Gasteiger partial charge in [-0.25, -0.2) is 4.98 Å². The van der Waals surface area contributed by atoms with E-state index in [0.717, 1.165) is 28.8 Å². The van der Waals surface area contributed by atoms with Crippen molar-refractivity contribution in [1.82, 2.24) is 4.98 Å². The van der Waals surface area contributed by atoms with E-state index < -0.39 is 5.92 Å². The molecule has 1 unspecified atom stereocenters. The summed E-state index contributed by atoms with van der Waals surface area (Å²) in [6, 6.07) is 11.8. The summed E-state index contributed by atoms with van der Waals surface area (Å²) in [4.78, 5) is 35.9. The van der Waals surface area contributed by atoms with E-state index in [1.807, 2.05) is 57.2 Å². The topological polar surface area (TPSA) is 71.4 Å². The number of aliphatic imine (C=N–C) groups is 1. The Morgan fingerprint density at radius 2 is 1.71 bits per heavy atom. The van der Waals surface area contributed by atoms with E-state index in [2.05, 4.69) is 24.1 Å². The van der Waals surface area contributed by atoms with E-state index in [0.29, 0.717) is 23.5 Å². The lowest BCUT2D eigenvalue weighted by Crippen LogP contribution is -2.44. The number of nitrogens with zero attached hydrogens (tertiary/aromatic N) is 2. The summed E-state index contributed by atoms with van der Waals surface area (Å²) < 4.78 is 0. The van der Waals surface area contributed by atoms with Crippen molar-refractivity contribution in [2.75, 3.05) is 5.32 Å². The third kappa shape index (κ3) is 4.22. The number of benzene rings is 1. The summed E-state index contributed by atoms with van der Waals surface area (Å²) in [5.41, 5.74) is 5.13. The Morgan fingerprint density at radius 3 is 2.39 bits per heavy atom. The van der Waals surface area contributed by atoms with Gasteiger partial charge in [0, 0.05) is 35.5 Å². The summed E-state index contributed by atoms with van der Waals surface area (Å²) in [7, 11) is 0. The summed E-state index contributed by atoms with van der Waals surface area (Å²) in [5.74, 6) is -0.334. The molecule has 0 radical (unpaired) electrons. The van der Waals surface area contributed by atoms with Crippen LogP contribution >= 0.6 is 0 Å². The number of allylic oxidation sites excluding steroid dienone is 1. The fourth-order valence-corrected chi connectivity index (χ4v) is 4.81. The molecule has 31 heavy (non-hydrogen) atoms. The largest absolute Gasteiger partial charge is 0.307 e. The highest BCUT2D eigenvalue weighted by molar-refractivity contribution is 6.14. The minimum absolute atomic E-state index is 0.115. The van der Waals surface area contributed by atoms with Gasteiger partial charge in [0.2, 0.25) is 0 Å². The average Bonchev–Trinajstić information content (AvgIpc) is 2.66. The molecule has 1 amide bonds. The van der Waals surface area contributed by atoms with Gasteiger partial charge < -0.3 is 5.32 Å². The SMILES string of the molecule is CC1=C(C(=O)Nc2cc(C)ccn2)[C@H](c2ccc(C)cc2)C2C(=O)CC(C)(C)CC2=N1. The zero-order chi connectivity index (χ0) is 22.3. The van der Waals surface area contributed by atoms with Crippen LogP contribution in [0.3, 0.4) is 0 Å². The predicted octanol–water partition coefficient (Wildman–Crippen LogP) is 5.15. The van der Waals surface area contributed by atoms with Crippen LogP contribution in [0.15, 0.2) is 58.9 Å². The van der Waals surface area contributed by atoms with Crippen LogP contribution < -0.4 is 5.32 Å². The Kier molecular flexibility index (Phi) is 5.38. The van der Waals surface area contributed by atoms with Crippen LogP contribution in [0.2, 0.25) is 0 Å². The van der Waals surface area contributed by atoms with Crippen LogP contribution in [0.5, 0.6) is 0 Å². The first-order chi connectivity index (χ1) is 14.6. The number of nitrogens with one attached hydrogen (secondary N) is 1. The maximum Gasteiger partial charge on any atom is 0.255 e. The number of rotatable bonds is 3. The third-order valence-electron chi connectivity index (χ3n) is 6.20. The Hall–Kier alpha value is -3.08. The fraction of sp³-hybridized carbons (Fsp3) is 0.385. The highest BCUT2D eigenvalue weighted by Gasteiger charge is 2.47. The number of carbonyl (C=O) groups excluding carboxylic acids is 2. The number of carbonyl (C=O) groups is 2. The van der Waals surface area contributed by atoms with Crippen molar-refractivity contribution >= 4 is 23.2 Å². The zero-order valence-electron chi connectivity index (χ0n) is 18.8. The van der Waals surface area contributed by atoms with Crippen LogP contribution in [-0.4, -0.2) is 22.4 Å². The standard InChI is InChI=1S/C26H29N3O2/c1-15-6-8-18(9-7-15)23-22(25(31)29-21-12-16(2)10-11-27-21)17(3)28-19-13-26(4,5)14-20(30)24(19)23/h6-12,23-24H,13-14H2,1-5H3,(H,27,29,31)/t23-,24?/m0/s1. The number of aromatic nitrogens is 1. The fourth-order valence-electron chi connectivity index (χ4n) is 4.81. The molecule has 2 heterocycles. The van der Waals surface area contributed by atoms with Gasteiger partial charge in [-0.3, -0.25) is 14.6 Å². The highest BCUT2D eigenvalue weighted by Crippen LogP contribution is 2.46. The second-order valence-corrected chi connectivity index (χ2v) is 9.62. The van der Waals surface area contributed by atoms with Gasteiger partial charge in [0.05, 0.1) is 5.92 Å². The number of Topliss-reactive ketones (excluding diaryl/α,β-unsaturated/α-hetero) is 1. The third-order valence-corrected chi connectivity index (χ3v) is 6.20. The number of amides is 1. The molecule has 0 bridgehead atoms. The Morgan fingerprint density at radius 1 is 1.00 bits per heavy atom. The van der Waals surface area contributed by atoms with E-state index in [1.54, 1.807) is 6.20 Å². The molecule has 2 atom stereocenters. The highest BCUT2D eigenvalue weighted by atomic mass is 16.2. The number of ketones is 1. The number of aryl methyl sites for hydroxylation is 2. The van der Waals surface area contributed by atoms with Gasteiger partial charge in [-0.2, -0.15) is 0 Å². The molecule has 1 N–H and O–H groups in total. The van der Waals surface area contributed by atoms with Crippen LogP contribution in [0.4, 0.5) is 5.82 Å². The molecule has 5 nitrogen and oxygen atoms in total. The minimum Gasteiger partial charge on any atom is -0.307 e. The lowest BCUT2D eigenvalue weighted by molar-refractivity contribution is -0.124. The summed E-state index contributed by atoms with van der Waals surface area (Å²) in [5, 5.41) is 2.93. The first-order valence-electron chi connectivity index (χ1n) is 10.8. The minimum atomic E-state index is -0.398. The van der Waals surface area contributed by atoms with E-state index >= 15 is 0 Å². The normalized spacial score (nSPS) is 22.6. The molecule has 4 rings (SSSR count). The Labute approximate surface area is 183 Å². The Balaban J connectivity index is 1.81. The van der Waals surface area contributed by atoms with Crippen molar-refractivity contribution in [2.45, 2.75) is 53.4 Å². The molecular weight excluding hydrogens is 386 g/mol. The van der Waals surface area contributed by atoms with E-state index in [4.69, 9.17) is 4.99 Å². The van der Waals surface area contributed by atoms with Crippen LogP contribution in [0.1, 0.15) is 56.2 Å². The van der Waals surface area contributed by atoms with Crippen molar-refractivity contribution in [3.63, 3.8) is 0 Å². The van der Waals surface area contributed by atoms with E-state index in [9.17, 15) is 9.59 Å². The maximum atomic E-state index is 13.5. The average molecular weight is 416 g/mol. The van der Waals surface area contributed by atoms with Crippen LogP contribution in [0.25, 0.3) is 0 Å². The van der Waals surface area contributed by atoms with Gasteiger partial charge in [0.15, 0.2) is 0 Å². The quantitative estimate of drug-likeness (QED) is 0.753.